The number of hydrogen-bond acceptors (Lipinski definition) is 2. The van der Waals surface area contributed by atoms with Gasteiger partial charge >= 0.3 is 0 Å². The van der Waals surface area contributed by atoms with Gasteiger partial charge < -0.3 is 10.6 Å². The summed E-state index contributed by atoms with van der Waals surface area (Å²) in [6.07, 6.45) is 1.73. The third kappa shape index (κ3) is 4.74. The van der Waals surface area contributed by atoms with Gasteiger partial charge in [0.05, 0.1) is 0 Å². The maximum absolute atomic E-state index is 13.0. The Morgan fingerprint density at radius 1 is 1.37 bits per heavy atom. The Hall–Kier alpha value is -1.23. The number of aryl methyl sites for hydroxylation is 1. The molecule has 0 aliphatic carbocycles. The molecule has 0 unspecified atom stereocenters. The SMILES string of the molecule is NC(=NCCCc1cccc(F)c1)N1CCSCC1. The molecule has 0 radical (unpaired) electrons. The summed E-state index contributed by atoms with van der Waals surface area (Å²) in [4.78, 5) is 6.54. The molecule has 5 heteroatoms. The quantitative estimate of drug-likeness (QED) is 0.522. The Kier molecular flexibility index (Phi) is 5.51. The van der Waals surface area contributed by atoms with Crippen molar-refractivity contribution in [3.05, 3.63) is 35.6 Å². The number of rotatable bonds is 4. The van der Waals surface area contributed by atoms with Gasteiger partial charge in [-0.05, 0) is 30.5 Å². The van der Waals surface area contributed by atoms with Crippen molar-refractivity contribution >= 4 is 17.7 Å². The van der Waals surface area contributed by atoms with Gasteiger partial charge in [0.1, 0.15) is 5.82 Å². The van der Waals surface area contributed by atoms with Crippen LogP contribution in [0.25, 0.3) is 0 Å². The summed E-state index contributed by atoms with van der Waals surface area (Å²) in [7, 11) is 0. The molecule has 0 spiro atoms. The average Bonchev–Trinajstić information content (AvgIpc) is 2.44. The predicted octanol–water partition coefficient (Wildman–Crippen LogP) is 2.12. The predicted molar refractivity (Wildman–Crippen MR) is 80.1 cm³/mol. The fraction of sp³-hybridized carbons (Fsp3) is 0.500. The Morgan fingerprint density at radius 2 is 2.16 bits per heavy atom. The van der Waals surface area contributed by atoms with E-state index < -0.39 is 0 Å². The normalized spacial score (nSPS) is 16.7. The van der Waals surface area contributed by atoms with Crippen molar-refractivity contribution in [2.24, 2.45) is 10.7 Å². The van der Waals surface area contributed by atoms with Crippen molar-refractivity contribution in [3.8, 4) is 0 Å². The lowest BCUT2D eigenvalue weighted by Crippen LogP contribution is -2.42. The van der Waals surface area contributed by atoms with Crippen LogP contribution in [0, 0.1) is 5.82 Å². The summed E-state index contributed by atoms with van der Waals surface area (Å²) in [5, 5.41) is 0. The van der Waals surface area contributed by atoms with Crippen LogP contribution in [0.4, 0.5) is 4.39 Å². The van der Waals surface area contributed by atoms with Crippen molar-refractivity contribution < 1.29 is 4.39 Å². The highest BCUT2D eigenvalue weighted by molar-refractivity contribution is 7.99. The van der Waals surface area contributed by atoms with Crippen molar-refractivity contribution in [1.82, 2.24) is 4.90 Å². The summed E-state index contributed by atoms with van der Waals surface area (Å²) in [5.74, 6) is 2.73. The zero-order valence-electron chi connectivity index (χ0n) is 11.0. The summed E-state index contributed by atoms with van der Waals surface area (Å²) in [6.45, 7) is 2.68. The average molecular weight is 281 g/mol. The van der Waals surface area contributed by atoms with Crippen LogP contribution in [0.15, 0.2) is 29.3 Å². The Labute approximate surface area is 118 Å². The molecule has 2 N–H and O–H groups in total. The molecule has 1 aliphatic heterocycles. The molecule has 2 rings (SSSR count). The van der Waals surface area contributed by atoms with E-state index in [0.717, 1.165) is 43.0 Å². The number of benzene rings is 1. The number of nitrogens with zero attached hydrogens (tertiary/aromatic N) is 2. The first kappa shape index (κ1) is 14.2. The second-order valence-corrected chi connectivity index (χ2v) is 5.80. The van der Waals surface area contributed by atoms with Crippen LogP contribution in [-0.4, -0.2) is 42.0 Å². The van der Waals surface area contributed by atoms with Crippen LogP contribution in [0.2, 0.25) is 0 Å². The van der Waals surface area contributed by atoms with Gasteiger partial charge in [-0.15, -0.1) is 0 Å². The molecule has 0 atom stereocenters. The number of guanidine groups is 1. The van der Waals surface area contributed by atoms with Crippen LogP contribution >= 0.6 is 11.8 Å². The first-order valence-corrected chi connectivity index (χ1v) is 7.78. The molecule has 0 aromatic heterocycles. The molecular weight excluding hydrogens is 261 g/mol. The monoisotopic (exact) mass is 281 g/mol. The number of thioether (sulfide) groups is 1. The zero-order valence-corrected chi connectivity index (χ0v) is 11.8. The second kappa shape index (κ2) is 7.38. The van der Waals surface area contributed by atoms with Crippen LogP contribution in [0.3, 0.4) is 0 Å². The minimum atomic E-state index is -0.175. The molecule has 1 aliphatic rings. The number of nitrogens with two attached hydrogens (primary N) is 1. The number of halogens is 1. The van der Waals surface area contributed by atoms with Gasteiger partial charge in [0.25, 0.3) is 0 Å². The Morgan fingerprint density at radius 3 is 2.89 bits per heavy atom. The number of aliphatic imine (C=N–C) groups is 1. The lowest BCUT2D eigenvalue weighted by atomic mass is 10.1. The molecule has 1 heterocycles. The first-order valence-electron chi connectivity index (χ1n) is 6.63. The van der Waals surface area contributed by atoms with E-state index in [0.29, 0.717) is 12.5 Å². The maximum Gasteiger partial charge on any atom is 0.191 e. The van der Waals surface area contributed by atoms with Crippen LogP contribution in [-0.2, 0) is 6.42 Å². The van der Waals surface area contributed by atoms with Crippen LogP contribution in [0.5, 0.6) is 0 Å². The van der Waals surface area contributed by atoms with Crippen molar-refractivity contribution in [2.75, 3.05) is 31.1 Å². The Bertz CT molecular complexity index is 430. The molecule has 3 nitrogen and oxygen atoms in total. The summed E-state index contributed by atoms with van der Waals surface area (Å²) in [6, 6.07) is 6.73. The van der Waals surface area contributed by atoms with Crippen molar-refractivity contribution in [2.45, 2.75) is 12.8 Å². The van der Waals surface area contributed by atoms with E-state index in [1.165, 1.54) is 6.07 Å². The fourth-order valence-corrected chi connectivity index (χ4v) is 2.96. The van der Waals surface area contributed by atoms with Gasteiger partial charge in [0.2, 0.25) is 0 Å². The van der Waals surface area contributed by atoms with Gasteiger partial charge in [-0.1, -0.05) is 12.1 Å². The summed E-state index contributed by atoms with van der Waals surface area (Å²) >= 11 is 1.96. The highest BCUT2D eigenvalue weighted by Crippen LogP contribution is 2.09. The first-order chi connectivity index (χ1) is 9.25. The minimum Gasteiger partial charge on any atom is -0.370 e. The van der Waals surface area contributed by atoms with Crippen molar-refractivity contribution in [1.29, 1.82) is 0 Å². The molecule has 0 saturated carbocycles. The van der Waals surface area contributed by atoms with Gasteiger partial charge in [0, 0.05) is 31.1 Å². The molecule has 0 amide bonds. The van der Waals surface area contributed by atoms with Crippen molar-refractivity contribution in [3.63, 3.8) is 0 Å². The van der Waals surface area contributed by atoms with E-state index >= 15 is 0 Å². The third-order valence-corrected chi connectivity index (χ3v) is 4.06. The van der Waals surface area contributed by atoms with E-state index in [1.54, 1.807) is 12.1 Å². The molecule has 1 aromatic carbocycles. The van der Waals surface area contributed by atoms with E-state index in [9.17, 15) is 4.39 Å². The van der Waals surface area contributed by atoms with Crippen LogP contribution < -0.4 is 5.73 Å². The molecule has 0 bridgehead atoms. The van der Waals surface area contributed by atoms with Gasteiger partial charge in [0.15, 0.2) is 5.96 Å². The summed E-state index contributed by atoms with van der Waals surface area (Å²) in [5.41, 5.74) is 6.98. The lowest BCUT2D eigenvalue weighted by molar-refractivity contribution is 0.455. The van der Waals surface area contributed by atoms with E-state index in [1.807, 2.05) is 17.8 Å². The fourth-order valence-electron chi connectivity index (χ4n) is 2.06. The molecule has 1 saturated heterocycles. The molecule has 104 valence electrons. The second-order valence-electron chi connectivity index (χ2n) is 4.57. The number of hydrogen-bond donors (Lipinski definition) is 1. The Balaban J connectivity index is 1.73. The van der Waals surface area contributed by atoms with Gasteiger partial charge in [-0.2, -0.15) is 11.8 Å². The minimum absolute atomic E-state index is 0.175. The smallest absolute Gasteiger partial charge is 0.191 e. The topological polar surface area (TPSA) is 41.6 Å². The van der Waals surface area contributed by atoms with E-state index in [2.05, 4.69) is 9.89 Å². The molecule has 1 fully saturated rings. The summed E-state index contributed by atoms with van der Waals surface area (Å²) < 4.78 is 13.0. The zero-order chi connectivity index (χ0) is 13.5. The highest BCUT2D eigenvalue weighted by Gasteiger charge is 2.11. The van der Waals surface area contributed by atoms with Crippen LogP contribution in [0.1, 0.15) is 12.0 Å². The lowest BCUT2D eigenvalue weighted by Gasteiger charge is -2.27. The third-order valence-electron chi connectivity index (χ3n) is 3.12. The highest BCUT2D eigenvalue weighted by atomic mass is 32.2. The van der Waals surface area contributed by atoms with E-state index in [-0.39, 0.29) is 5.82 Å². The largest absolute Gasteiger partial charge is 0.370 e. The van der Waals surface area contributed by atoms with E-state index in [4.69, 9.17) is 5.73 Å². The molecule has 1 aromatic rings. The maximum atomic E-state index is 13.0. The van der Waals surface area contributed by atoms with Gasteiger partial charge in [-0.25, -0.2) is 4.39 Å². The molecular formula is C14H20FN3S. The van der Waals surface area contributed by atoms with Gasteiger partial charge in [-0.3, -0.25) is 4.99 Å². The molecule has 19 heavy (non-hydrogen) atoms. The standard InChI is InChI=1S/C14H20FN3S/c15-13-5-1-3-12(11-13)4-2-6-17-14(16)18-7-9-19-10-8-18/h1,3,5,11H,2,4,6-10H2,(H2,16,17).